The molecule has 0 saturated carbocycles. The molecule has 2 heterocycles. The number of hydrogen-bond donors (Lipinski definition) is 0. The minimum absolute atomic E-state index is 0.145. The summed E-state index contributed by atoms with van der Waals surface area (Å²) in [6, 6.07) is 10.1. The number of halogens is 1. The van der Waals surface area contributed by atoms with Crippen LogP contribution in [0.15, 0.2) is 52.1 Å². The monoisotopic (exact) mass is 454 g/mol. The Morgan fingerprint density at radius 1 is 1.00 bits per heavy atom. The zero-order chi connectivity index (χ0) is 23.5. The van der Waals surface area contributed by atoms with E-state index in [0.29, 0.717) is 35.8 Å². The van der Waals surface area contributed by atoms with Crippen molar-refractivity contribution in [2.24, 2.45) is 0 Å². The van der Waals surface area contributed by atoms with Gasteiger partial charge in [0.2, 0.25) is 5.69 Å². The molecule has 0 atom stereocenters. The van der Waals surface area contributed by atoms with Gasteiger partial charge in [-0.25, -0.2) is 9.18 Å². The Balaban J connectivity index is 1.89. The highest BCUT2D eigenvalue weighted by Crippen LogP contribution is 2.28. The molecule has 4 rings (SSSR count). The standard InChI is InChI=1S/C23H23FN4O5/c1-32-18-10-9-17(13-19(18)33-2)28-23(31)27(14-15-5-7-16(24)8-6-15)22(30)20(25-28)21(29)26-11-3-4-12-26/h5-10,13H,3-4,11-12,14H2,1-2H3. The summed E-state index contributed by atoms with van der Waals surface area (Å²) in [6.45, 7) is 0.898. The first-order valence-corrected chi connectivity index (χ1v) is 10.4. The lowest BCUT2D eigenvalue weighted by Crippen LogP contribution is -2.46. The molecule has 0 unspecified atom stereocenters. The summed E-state index contributed by atoms with van der Waals surface area (Å²) >= 11 is 0. The zero-order valence-electron chi connectivity index (χ0n) is 18.3. The van der Waals surface area contributed by atoms with Crippen molar-refractivity contribution in [2.45, 2.75) is 19.4 Å². The molecular formula is C23H23FN4O5. The van der Waals surface area contributed by atoms with Crippen molar-refractivity contribution in [3.05, 3.63) is 80.4 Å². The number of carbonyl (C=O) groups is 1. The lowest BCUT2D eigenvalue weighted by atomic mass is 10.2. The summed E-state index contributed by atoms with van der Waals surface area (Å²) in [4.78, 5) is 41.1. The van der Waals surface area contributed by atoms with Crippen LogP contribution in [0.4, 0.5) is 4.39 Å². The van der Waals surface area contributed by atoms with Gasteiger partial charge in [-0.1, -0.05) is 12.1 Å². The number of rotatable bonds is 6. The maximum Gasteiger partial charge on any atom is 0.352 e. The summed E-state index contributed by atoms with van der Waals surface area (Å²) in [7, 11) is 2.94. The van der Waals surface area contributed by atoms with Crippen LogP contribution in [0, 0.1) is 5.82 Å². The van der Waals surface area contributed by atoms with Gasteiger partial charge in [0.1, 0.15) is 5.82 Å². The fourth-order valence-corrected chi connectivity index (χ4v) is 3.76. The van der Waals surface area contributed by atoms with Crippen molar-refractivity contribution in [3.63, 3.8) is 0 Å². The molecule has 0 spiro atoms. The molecule has 1 amide bonds. The molecule has 1 aliphatic rings. The number of nitrogens with zero attached hydrogens (tertiary/aromatic N) is 4. The molecular weight excluding hydrogens is 431 g/mol. The van der Waals surface area contributed by atoms with Gasteiger partial charge in [-0.2, -0.15) is 9.78 Å². The number of methoxy groups -OCH3 is 2. The maximum atomic E-state index is 13.3. The third kappa shape index (κ3) is 4.36. The second-order valence-electron chi connectivity index (χ2n) is 7.60. The van der Waals surface area contributed by atoms with E-state index >= 15 is 0 Å². The van der Waals surface area contributed by atoms with E-state index in [1.807, 2.05) is 0 Å². The van der Waals surface area contributed by atoms with Gasteiger partial charge in [0.05, 0.1) is 26.5 Å². The normalized spacial score (nSPS) is 13.2. The first-order chi connectivity index (χ1) is 15.9. The molecule has 10 heteroatoms. The topological polar surface area (TPSA) is 95.7 Å². The average molecular weight is 454 g/mol. The third-order valence-corrected chi connectivity index (χ3v) is 5.52. The highest BCUT2D eigenvalue weighted by Gasteiger charge is 2.27. The molecule has 1 fully saturated rings. The minimum Gasteiger partial charge on any atom is -0.493 e. The minimum atomic E-state index is -0.794. The van der Waals surface area contributed by atoms with Gasteiger partial charge in [0, 0.05) is 19.2 Å². The van der Waals surface area contributed by atoms with Crippen LogP contribution < -0.4 is 20.7 Å². The van der Waals surface area contributed by atoms with Crippen molar-refractivity contribution >= 4 is 5.91 Å². The Morgan fingerprint density at radius 3 is 2.30 bits per heavy atom. The first kappa shape index (κ1) is 22.3. The van der Waals surface area contributed by atoms with Gasteiger partial charge in [-0.15, -0.1) is 0 Å². The van der Waals surface area contributed by atoms with Crippen LogP contribution in [0.2, 0.25) is 0 Å². The van der Waals surface area contributed by atoms with Crippen LogP contribution >= 0.6 is 0 Å². The van der Waals surface area contributed by atoms with E-state index in [2.05, 4.69) is 5.10 Å². The summed E-state index contributed by atoms with van der Waals surface area (Å²) < 4.78 is 25.8. The van der Waals surface area contributed by atoms with Crippen LogP contribution in [-0.2, 0) is 6.54 Å². The van der Waals surface area contributed by atoms with Crippen molar-refractivity contribution in [1.29, 1.82) is 0 Å². The van der Waals surface area contributed by atoms with Gasteiger partial charge in [0.15, 0.2) is 11.5 Å². The lowest BCUT2D eigenvalue weighted by Gasteiger charge is -2.17. The number of hydrogen-bond acceptors (Lipinski definition) is 6. The molecule has 0 bridgehead atoms. The SMILES string of the molecule is COc1ccc(-n2nc(C(=O)N3CCCC3)c(=O)n(Cc3ccc(F)cc3)c2=O)cc1OC. The van der Waals surface area contributed by atoms with Crippen molar-refractivity contribution in [3.8, 4) is 17.2 Å². The molecule has 1 aliphatic heterocycles. The Kier molecular flexibility index (Phi) is 6.25. The molecule has 0 aliphatic carbocycles. The molecule has 33 heavy (non-hydrogen) atoms. The number of aromatic nitrogens is 3. The quantitative estimate of drug-likeness (QED) is 0.564. The number of benzene rings is 2. The smallest absolute Gasteiger partial charge is 0.352 e. The number of amides is 1. The van der Waals surface area contributed by atoms with E-state index in [9.17, 15) is 18.8 Å². The molecule has 2 aromatic carbocycles. The third-order valence-electron chi connectivity index (χ3n) is 5.52. The average Bonchev–Trinajstić information content (AvgIpc) is 3.37. The Morgan fingerprint density at radius 2 is 1.67 bits per heavy atom. The largest absolute Gasteiger partial charge is 0.493 e. The molecule has 0 N–H and O–H groups in total. The molecule has 0 radical (unpaired) electrons. The molecule has 172 valence electrons. The van der Waals surface area contributed by atoms with Crippen LogP contribution in [0.5, 0.6) is 11.5 Å². The van der Waals surface area contributed by atoms with Gasteiger partial charge < -0.3 is 14.4 Å². The second kappa shape index (κ2) is 9.27. The van der Waals surface area contributed by atoms with Crippen LogP contribution in [-0.4, -0.2) is 52.5 Å². The van der Waals surface area contributed by atoms with E-state index in [1.54, 1.807) is 17.0 Å². The number of likely N-dealkylation sites (tertiary alicyclic amines) is 1. The Bertz CT molecular complexity index is 1290. The fourth-order valence-electron chi connectivity index (χ4n) is 3.76. The van der Waals surface area contributed by atoms with E-state index in [1.165, 1.54) is 44.6 Å². The fraction of sp³-hybridized carbons (Fsp3) is 0.304. The lowest BCUT2D eigenvalue weighted by molar-refractivity contribution is 0.0781. The Hall–Kier alpha value is -3.95. The van der Waals surface area contributed by atoms with Crippen molar-refractivity contribution in [1.82, 2.24) is 19.2 Å². The van der Waals surface area contributed by atoms with E-state index < -0.39 is 23.0 Å². The predicted octanol–water partition coefficient (Wildman–Crippen LogP) is 1.83. The molecule has 1 aromatic heterocycles. The van der Waals surface area contributed by atoms with Gasteiger partial charge in [-0.3, -0.25) is 14.2 Å². The highest BCUT2D eigenvalue weighted by molar-refractivity contribution is 5.92. The van der Waals surface area contributed by atoms with Crippen LogP contribution in [0.25, 0.3) is 5.69 Å². The Labute approximate surface area is 188 Å². The maximum absolute atomic E-state index is 13.3. The first-order valence-electron chi connectivity index (χ1n) is 10.4. The number of ether oxygens (including phenoxy) is 2. The van der Waals surface area contributed by atoms with Crippen molar-refractivity contribution < 1.29 is 18.7 Å². The van der Waals surface area contributed by atoms with E-state index in [0.717, 1.165) is 22.1 Å². The van der Waals surface area contributed by atoms with E-state index in [4.69, 9.17) is 9.47 Å². The summed E-state index contributed by atoms with van der Waals surface area (Å²) in [5.74, 6) is -0.164. The predicted molar refractivity (Wildman–Crippen MR) is 118 cm³/mol. The van der Waals surface area contributed by atoms with Crippen LogP contribution in [0.3, 0.4) is 0 Å². The molecule has 3 aromatic rings. The molecule has 1 saturated heterocycles. The van der Waals surface area contributed by atoms with E-state index in [-0.39, 0.29) is 12.2 Å². The van der Waals surface area contributed by atoms with Crippen LogP contribution in [0.1, 0.15) is 28.9 Å². The molecule has 9 nitrogen and oxygen atoms in total. The summed E-state index contributed by atoms with van der Waals surface area (Å²) in [5, 5.41) is 4.16. The second-order valence-corrected chi connectivity index (χ2v) is 7.60. The highest BCUT2D eigenvalue weighted by atomic mass is 19.1. The van der Waals surface area contributed by atoms with Gasteiger partial charge in [0.25, 0.3) is 11.5 Å². The van der Waals surface area contributed by atoms with Gasteiger partial charge >= 0.3 is 5.69 Å². The van der Waals surface area contributed by atoms with Gasteiger partial charge in [-0.05, 0) is 42.7 Å². The number of carbonyl (C=O) groups excluding carboxylic acids is 1. The zero-order valence-corrected chi connectivity index (χ0v) is 18.3. The van der Waals surface area contributed by atoms with Crippen molar-refractivity contribution in [2.75, 3.05) is 27.3 Å². The summed E-state index contributed by atoms with van der Waals surface area (Å²) in [5.41, 5.74) is -1.07. The summed E-state index contributed by atoms with van der Waals surface area (Å²) in [6.07, 6.45) is 1.68.